The second-order valence-corrected chi connectivity index (χ2v) is 5.28. The molecule has 0 spiro atoms. The molecule has 94 valence electrons. The molecule has 0 aromatic heterocycles. The van der Waals surface area contributed by atoms with Crippen molar-refractivity contribution in [2.24, 2.45) is 0 Å². The number of hydrogen-bond acceptors (Lipinski definition) is 2. The van der Waals surface area contributed by atoms with Crippen LogP contribution in [0.4, 0.5) is 0 Å². The lowest BCUT2D eigenvalue weighted by molar-refractivity contribution is 0.797. The van der Waals surface area contributed by atoms with Crippen molar-refractivity contribution in [3.63, 3.8) is 0 Å². The van der Waals surface area contributed by atoms with Gasteiger partial charge in [0.2, 0.25) is 0 Å². The molecule has 1 N–H and O–H groups in total. The highest BCUT2D eigenvalue weighted by Gasteiger charge is 1.97. The lowest BCUT2D eigenvalue weighted by Crippen LogP contribution is -2.06. The molecule has 0 fully saturated rings. The molecule has 2 aromatic rings. The van der Waals surface area contributed by atoms with Crippen LogP contribution in [0.25, 0.3) is 0 Å². The van der Waals surface area contributed by atoms with Gasteiger partial charge in [-0.3, -0.25) is 4.72 Å². The molecular weight excluding hydrogens is 238 g/mol. The normalized spacial score (nSPS) is 10.5. The Bertz CT molecular complexity index is 468. The molecule has 0 saturated carbocycles. The van der Waals surface area contributed by atoms with E-state index in [0.29, 0.717) is 0 Å². The summed E-state index contributed by atoms with van der Waals surface area (Å²) in [5.41, 5.74) is 2.75. The third-order valence-corrected chi connectivity index (χ3v) is 3.89. The largest absolute Gasteiger partial charge is 0.260 e. The average molecular weight is 257 g/mol. The molecule has 0 unspecified atom stereocenters. The van der Waals surface area contributed by atoms with Crippen LogP contribution in [0.3, 0.4) is 0 Å². The second kappa shape index (κ2) is 7.24. The Hall–Kier alpha value is -1.25. The Morgan fingerprint density at radius 3 is 2.44 bits per heavy atom. The van der Waals surface area contributed by atoms with Crippen molar-refractivity contribution in [2.45, 2.75) is 24.7 Å². The van der Waals surface area contributed by atoms with E-state index in [2.05, 4.69) is 66.2 Å². The van der Waals surface area contributed by atoms with Crippen LogP contribution >= 0.6 is 11.9 Å². The van der Waals surface area contributed by atoms with Gasteiger partial charge < -0.3 is 0 Å². The number of benzene rings is 2. The summed E-state index contributed by atoms with van der Waals surface area (Å²) in [6.45, 7) is 3.18. The minimum Gasteiger partial charge on any atom is -0.260 e. The van der Waals surface area contributed by atoms with E-state index >= 15 is 0 Å². The molecule has 0 aliphatic rings. The van der Waals surface area contributed by atoms with Gasteiger partial charge in [-0.05, 0) is 48.9 Å². The number of rotatable bonds is 6. The molecule has 0 amide bonds. The van der Waals surface area contributed by atoms with Crippen LogP contribution < -0.4 is 4.72 Å². The van der Waals surface area contributed by atoms with Gasteiger partial charge in [0.25, 0.3) is 0 Å². The molecule has 1 nitrogen and oxygen atoms in total. The van der Waals surface area contributed by atoms with Crippen LogP contribution in [0.2, 0.25) is 0 Å². The third-order valence-electron chi connectivity index (χ3n) is 2.86. The van der Waals surface area contributed by atoms with E-state index in [1.807, 2.05) is 0 Å². The molecule has 0 aliphatic heterocycles. The fourth-order valence-corrected chi connectivity index (χ4v) is 2.59. The summed E-state index contributed by atoms with van der Waals surface area (Å²) in [5.74, 6) is 0. The molecule has 0 aliphatic carbocycles. The predicted molar refractivity (Wildman–Crippen MR) is 79.8 cm³/mol. The number of hydrogen-bond donors (Lipinski definition) is 1. The quantitative estimate of drug-likeness (QED) is 0.614. The molecule has 2 aromatic carbocycles. The second-order valence-electron chi connectivity index (χ2n) is 4.35. The summed E-state index contributed by atoms with van der Waals surface area (Å²) < 4.78 is 3.43. The minimum atomic E-state index is 1.04. The zero-order valence-electron chi connectivity index (χ0n) is 10.7. The van der Waals surface area contributed by atoms with Crippen LogP contribution in [0.15, 0.2) is 59.5 Å². The summed E-state index contributed by atoms with van der Waals surface area (Å²) in [6, 6.07) is 19.1. The van der Waals surface area contributed by atoms with Crippen molar-refractivity contribution in [1.82, 2.24) is 4.72 Å². The van der Waals surface area contributed by atoms with Crippen LogP contribution in [-0.2, 0) is 6.42 Å². The number of nitrogens with one attached hydrogen (secondary N) is 1. The summed E-state index contributed by atoms with van der Waals surface area (Å²) in [6.07, 6.45) is 2.31. The molecule has 2 rings (SSSR count). The Morgan fingerprint density at radius 1 is 0.944 bits per heavy atom. The fourth-order valence-electron chi connectivity index (χ4n) is 1.81. The monoisotopic (exact) mass is 257 g/mol. The minimum absolute atomic E-state index is 1.04. The number of aryl methyl sites for hydroxylation is 2. The maximum absolute atomic E-state index is 3.43. The van der Waals surface area contributed by atoms with E-state index < -0.39 is 0 Å². The Morgan fingerprint density at radius 2 is 1.67 bits per heavy atom. The molecule has 0 bridgehead atoms. The topological polar surface area (TPSA) is 12.0 Å². The lowest BCUT2D eigenvalue weighted by Gasteiger charge is -2.06. The molecule has 18 heavy (non-hydrogen) atoms. The van der Waals surface area contributed by atoms with Crippen molar-refractivity contribution in [3.8, 4) is 0 Å². The van der Waals surface area contributed by atoms with Gasteiger partial charge in [0, 0.05) is 11.4 Å². The van der Waals surface area contributed by atoms with Crippen molar-refractivity contribution in [1.29, 1.82) is 0 Å². The van der Waals surface area contributed by atoms with E-state index in [9.17, 15) is 0 Å². The molecule has 2 heteroatoms. The van der Waals surface area contributed by atoms with Crippen molar-refractivity contribution in [2.75, 3.05) is 6.54 Å². The first-order valence-corrected chi connectivity index (χ1v) is 7.17. The van der Waals surface area contributed by atoms with Gasteiger partial charge in [-0.25, -0.2) is 0 Å². The average Bonchev–Trinajstić information content (AvgIpc) is 2.42. The van der Waals surface area contributed by atoms with E-state index in [1.165, 1.54) is 22.4 Å². The van der Waals surface area contributed by atoms with E-state index in [-0.39, 0.29) is 0 Å². The van der Waals surface area contributed by atoms with Gasteiger partial charge in [0.1, 0.15) is 0 Å². The van der Waals surface area contributed by atoms with Gasteiger partial charge in [-0.15, -0.1) is 0 Å². The molecule has 0 heterocycles. The molecule has 0 atom stereocenters. The van der Waals surface area contributed by atoms with Gasteiger partial charge in [-0.1, -0.05) is 48.5 Å². The van der Waals surface area contributed by atoms with Crippen molar-refractivity contribution >= 4 is 11.9 Å². The van der Waals surface area contributed by atoms with E-state index in [4.69, 9.17) is 0 Å². The highest BCUT2D eigenvalue weighted by Crippen LogP contribution is 2.18. The Balaban J connectivity index is 1.66. The van der Waals surface area contributed by atoms with Crippen LogP contribution in [0.1, 0.15) is 17.5 Å². The Labute approximate surface area is 114 Å². The van der Waals surface area contributed by atoms with Crippen molar-refractivity contribution < 1.29 is 0 Å². The third kappa shape index (κ3) is 4.21. The standard InChI is InChI=1S/C16H19NS/c1-14-8-5-6-12-16(14)18-17-13-7-11-15-9-3-2-4-10-15/h2-6,8-10,12,17H,7,11,13H2,1H3. The maximum atomic E-state index is 3.43. The molecule has 0 saturated heterocycles. The van der Waals surface area contributed by atoms with Crippen LogP contribution in [0, 0.1) is 6.92 Å². The zero-order valence-corrected chi connectivity index (χ0v) is 11.5. The molecule has 0 radical (unpaired) electrons. The Kier molecular flexibility index (Phi) is 5.31. The van der Waals surface area contributed by atoms with Gasteiger partial charge >= 0.3 is 0 Å². The smallest absolute Gasteiger partial charge is 0.0257 e. The van der Waals surface area contributed by atoms with Crippen LogP contribution in [-0.4, -0.2) is 6.54 Å². The summed E-state index contributed by atoms with van der Waals surface area (Å²) in [4.78, 5) is 1.32. The lowest BCUT2D eigenvalue weighted by atomic mass is 10.1. The van der Waals surface area contributed by atoms with Crippen LogP contribution in [0.5, 0.6) is 0 Å². The zero-order chi connectivity index (χ0) is 12.6. The van der Waals surface area contributed by atoms with E-state index in [0.717, 1.165) is 13.0 Å². The van der Waals surface area contributed by atoms with Gasteiger partial charge in [0.15, 0.2) is 0 Å². The fraction of sp³-hybridized carbons (Fsp3) is 0.250. The first-order chi connectivity index (χ1) is 8.86. The maximum Gasteiger partial charge on any atom is 0.0257 e. The van der Waals surface area contributed by atoms with E-state index in [1.54, 1.807) is 11.9 Å². The highest BCUT2D eigenvalue weighted by atomic mass is 32.2. The SMILES string of the molecule is Cc1ccccc1SNCCCc1ccccc1. The highest BCUT2D eigenvalue weighted by molar-refractivity contribution is 7.97. The summed E-state index contributed by atoms with van der Waals surface area (Å²) in [5, 5.41) is 0. The predicted octanol–water partition coefficient (Wildman–Crippen LogP) is 4.22. The molecular formula is C16H19NS. The first kappa shape index (κ1) is 13.2. The van der Waals surface area contributed by atoms with Gasteiger partial charge in [0.05, 0.1) is 0 Å². The van der Waals surface area contributed by atoms with Crippen molar-refractivity contribution in [3.05, 3.63) is 65.7 Å². The summed E-state index contributed by atoms with van der Waals surface area (Å²) in [7, 11) is 0. The van der Waals surface area contributed by atoms with Gasteiger partial charge in [-0.2, -0.15) is 0 Å². The summed E-state index contributed by atoms with van der Waals surface area (Å²) >= 11 is 1.73. The first-order valence-electron chi connectivity index (χ1n) is 6.35.